The fourth-order valence-electron chi connectivity index (χ4n) is 2.09. The Bertz CT molecular complexity index is 335. The van der Waals surface area contributed by atoms with Crippen molar-refractivity contribution in [3.05, 3.63) is 0 Å². The fourth-order valence-corrected chi connectivity index (χ4v) is 3.66. The molecule has 0 atom stereocenters. The Balaban J connectivity index is 2.52. The van der Waals surface area contributed by atoms with Gasteiger partial charge in [-0.25, -0.2) is 0 Å². The minimum atomic E-state index is -3.27. The molecular weight excluding hydrogens is 250 g/mol. The van der Waals surface area contributed by atoms with Crippen molar-refractivity contribution in [1.82, 2.24) is 13.9 Å². The van der Waals surface area contributed by atoms with E-state index < -0.39 is 10.2 Å². The Kier molecular flexibility index (Phi) is 6.04. The van der Waals surface area contributed by atoms with E-state index in [9.17, 15) is 8.42 Å². The molecule has 1 N–H and O–H groups in total. The number of nitrogens with zero attached hydrogens (tertiary/aromatic N) is 2. The molecule has 1 aliphatic rings. The summed E-state index contributed by atoms with van der Waals surface area (Å²) in [6, 6.07) is 0.478. The molecule has 0 radical (unpaired) electrons. The largest absolute Gasteiger partial charge is 0.314 e. The number of hydrogen-bond acceptors (Lipinski definition) is 3. The van der Waals surface area contributed by atoms with Gasteiger partial charge in [-0.05, 0) is 39.7 Å². The van der Waals surface area contributed by atoms with Crippen LogP contribution in [0, 0.1) is 0 Å². The molecule has 0 aromatic carbocycles. The van der Waals surface area contributed by atoms with Crippen molar-refractivity contribution in [2.24, 2.45) is 0 Å². The van der Waals surface area contributed by atoms with E-state index in [1.54, 1.807) is 11.4 Å². The van der Waals surface area contributed by atoms with E-state index in [2.05, 4.69) is 12.2 Å². The fraction of sp³-hybridized carbons (Fsp3) is 1.00. The van der Waals surface area contributed by atoms with Crippen LogP contribution in [0.1, 0.15) is 40.0 Å². The summed E-state index contributed by atoms with van der Waals surface area (Å²) in [6.07, 6.45) is 2.94. The molecule has 1 heterocycles. The third kappa shape index (κ3) is 3.91. The van der Waals surface area contributed by atoms with Crippen LogP contribution in [0.3, 0.4) is 0 Å². The average molecular weight is 277 g/mol. The maximum Gasteiger partial charge on any atom is 0.281 e. The zero-order valence-electron chi connectivity index (χ0n) is 12.0. The van der Waals surface area contributed by atoms with E-state index in [4.69, 9.17) is 0 Å². The van der Waals surface area contributed by atoms with Crippen LogP contribution in [0.25, 0.3) is 0 Å². The van der Waals surface area contributed by atoms with E-state index in [0.29, 0.717) is 19.1 Å². The second-order valence-corrected chi connectivity index (χ2v) is 7.23. The monoisotopic (exact) mass is 277 g/mol. The van der Waals surface area contributed by atoms with Gasteiger partial charge in [-0.2, -0.15) is 17.0 Å². The van der Waals surface area contributed by atoms with E-state index in [-0.39, 0.29) is 6.04 Å². The molecule has 0 bridgehead atoms. The van der Waals surface area contributed by atoms with Crippen molar-refractivity contribution in [3.8, 4) is 0 Å². The zero-order valence-corrected chi connectivity index (χ0v) is 12.8. The first-order valence-corrected chi connectivity index (χ1v) is 8.25. The molecular formula is C12H27N3O2S. The molecule has 1 rings (SSSR count). The molecule has 0 aromatic rings. The summed E-state index contributed by atoms with van der Waals surface area (Å²) < 4.78 is 27.6. The van der Waals surface area contributed by atoms with Crippen LogP contribution in [0.2, 0.25) is 0 Å². The van der Waals surface area contributed by atoms with Crippen LogP contribution < -0.4 is 5.32 Å². The Morgan fingerprint density at radius 1 is 1.33 bits per heavy atom. The quantitative estimate of drug-likeness (QED) is 0.789. The summed E-state index contributed by atoms with van der Waals surface area (Å²) in [5, 5.41) is 3.46. The summed E-state index contributed by atoms with van der Waals surface area (Å²) in [6.45, 7) is 8.20. The highest BCUT2D eigenvalue weighted by Crippen LogP contribution is 2.17. The maximum atomic E-state index is 12.3. The van der Waals surface area contributed by atoms with Gasteiger partial charge in [0.05, 0.1) is 0 Å². The summed E-state index contributed by atoms with van der Waals surface area (Å²) in [5.74, 6) is 0. The first-order valence-electron chi connectivity index (χ1n) is 6.86. The van der Waals surface area contributed by atoms with Crippen LogP contribution in [0.15, 0.2) is 0 Å². The minimum absolute atomic E-state index is 0.00550. The van der Waals surface area contributed by atoms with E-state index >= 15 is 0 Å². The molecule has 0 spiro atoms. The lowest BCUT2D eigenvalue weighted by atomic mass is 10.1. The van der Waals surface area contributed by atoms with Gasteiger partial charge < -0.3 is 5.32 Å². The predicted octanol–water partition coefficient (Wildman–Crippen LogP) is 1.04. The predicted molar refractivity (Wildman–Crippen MR) is 74.7 cm³/mol. The van der Waals surface area contributed by atoms with Gasteiger partial charge in [-0.3, -0.25) is 0 Å². The van der Waals surface area contributed by atoms with Crippen molar-refractivity contribution in [2.75, 3.05) is 26.7 Å². The number of nitrogens with one attached hydrogen (secondary N) is 1. The van der Waals surface area contributed by atoms with Crippen molar-refractivity contribution < 1.29 is 8.42 Å². The minimum Gasteiger partial charge on any atom is -0.314 e. The molecule has 0 aliphatic carbocycles. The molecule has 0 amide bonds. The van der Waals surface area contributed by atoms with Crippen molar-refractivity contribution in [1.29, 1.82) is 0 Å². The number of piperidine rings is 1. The highest BCUT2D eigenvalue weighted by molar-refractivity contribution is 7.86. The average Bonchev–Trinajstić information content (AvgIpc) is 2.35. The van der Waals surface area contributed by atoms with Gasteiger partial charge in [0.2, 0.25) is 0 Å². The van der Waals surface area contributed by atoms with Gasteiger partial charge in [0.1, 0.15) is 0 Å². The van der Waals surface area contributed by atoms with Crippen molar-refractivity contribution >= 4 is 10.2 Å². The molecule has 108 valence electrons. The summed E-state index contributed by atoms with van der Waals surface area (Å²) in [7, 11) is -1.61. The third-order valence-corrected chi connectivity index (χ3v) is 5.72. The molecule has 1 fully saturated rings. The molecule has 1 aliphatic heterocycles. The molecule has 6 heteroatoms. The van der Waals surface area contributed by atoms with E-state index in [1.807, 2.05) is 13.8 Å². The lowest BCUT2D eigenvalue weighted by molar-refractivity contribution is 0.266. The summed E-state index contributed by atoms with van der Waals surface area (Å²) in [4.78, 5) is 0. The van der Waals surface area contributed by atoms with Crippen molar-refractivity contribution in [3.63, 3.8) is 0 Å². The second kappa shape index (κ2) is 6.84. The van der Waals surface area contributed by atoms with Crippen LogP contribution in [-0.4, -0.2) is 55.8 Å². The van der Waals surface area contributed by atoms with Crippen LogP contribution in [0.4, 0.5) is 0 Å². The summed E-state index contributed by atoms with van der Waals surface area (Å²) in [5.41, 5.74) is 0. The highest BCUT2D eigenvalue weighted by Gasteiger charge is 2.31. The number of rotatable bonds is 6. The standard InChI is InChI=1S/C12H27N3O2S/c1-5-8-13-12-6-9-15(10-7-12)18(16,17)14(4)11(2)3/h11-13H,5-10H2,1-4H3. The Hall–Kier alpha value is -0.170. The highest BCUT2D eigenvalue weighted by atomic mass is 32.2. The lowest BCUT2D eigenvalue weighted by Crippen LogP contribution is -2.50. The third-order valence-electron chi connectivity index (χ3n) is 3.55. The Morgan fingerprint density at radius 3 is 2.33 bits per heavy atom. The Labute approximate surface area is 112 Å². The van der Waals surface area contributed by atoms with E-state index in [1.165, 1.54) is 4.31 Å². The molecule has 18 heavy (non-hydrogen) atoms. The molecule has 0 aromatic heterocycles. The zero-order chi connectivity index (χ0) is 13.8. The number of hydrogen-bond donors (Lipinski definition) is 1. The smallest absolute Gasteiger partial charge is 0.281 e. The van der Waals surface area contributed by atoms with Gasteiger partial charge in [0, 0.05) is 32.2 Å². The molecule has 1 saturated heterocycles. The van der Waals surface area contributed by atoms with Crippen LogP contribution in [0.5, 0.6) is 0 Å². The van der Waals surface area contributed by atoms with Gasteiger partial charge in [0.25, 0.3) is 10.2 Å². The van der Waals surface area contributed by atoms with Crippen molar-refractivity contribution in [2.45, 2.75) is 52.1 Å². The van der Waals surface area contributed by atoms with Crippen LogP contribution in [-0.2, 0) is 10.2 Å². The normalized spacial score (nSPS) is 19.9. The molecule has 0 saturated carbocycles. The van der Waals surface area contributed by atoms with E-state index in [0.717, 1.165) is 25.8 Å². The lowest BCUT2D eigenvalue weighted by Gasteiger charge is -2.35. The second-order valence-electron chi connectivity index (χ2n) is 5.25. The first-order chi connectivity index (χ1) is 8.39. The summed E-state index contributed by atoms with van der Waals surface area (Å²) >= 11 is 0. The van der Waals surface area contributed by atoms with Crippen LogP contribution >= 0.6 is 0 Å². The van der Waals surface area contributed by atoms with Gasteiger partial charge >= 0.3 is 0 Å². The Morgan fingerprint density at radius 2 is 1.89 bits per heavy atom. The van der Waals surface area contributed by atoms with Gasteiger partial charge in [-0.15, -0.1) is 0 Å². The maximum absolute atomic E-state index is 12.3. The SMILES string of the molecule is CCCNC1CCN(S(=O)(=O)N(C)C(C)C)CC1. The molecule has 0 unspecified atom stereocenters. The topological polar surface area (TPSA) is 52.7 Å². The van der Waals surface area contributed by atoms with Gasteiger partial charge in [0.15, 0.2) is 0 Å². The molecule has 5 nitrogen and oxygen atoms in total. The first kappa shape index (κ1) is 15.9. The van der Waals surface area contributed by atoms with Gasteiger partial charge in [-0.1, -0.05) is 6.92 Å².